The van der Waals surface area contributed by atoms with Crippen LogP contribution in [0.1, 0.15) is 15.9 Å². The number of aryl methyl sites for hydroxylation is 2. The van der Waals surface area contributed by atoms with Gasteiger partial charge in [-0.05, 0) is 63.3 Å². The van der Waals surface area contributed by atoms with E-state index in [1.165, 1.54) is 0 Å². The number of benzene rings is 3. The first kappa shape index (κ1) is 20.2. The van der Waals surface area contributed by atoms with E-state index in [4.69, 9.17) is 9.47 Å². The van der Waals surface area contributed by atoms with Gasteiger partial charge in [0.05, 0.1) is 7.11 Å². The molecule has 0 N–H and O–H groups in total. The number of hydrogen-bond acceptors (Lipinski definition) is 3. The fourth-order valence-corrected chi connectivity index (χ4v) is 3.96. The third kappa shape index (κ3) is 4.12. The van der Waals surface area contributed by atoms with Crippen molar-refractivity contribution in [3.8, 4) is 22.6 Å². The van der Waals surface area contributed by atoms with Crippen molar-refractivity contribution in [2.24, 2.45) is 0 Å². The van der Waals surface area contributed by atoms with Crippen LogP contribution in [0.25, 0.3) is 22.0 Å². The van der Waals surface area contributed by atoms with E-state index in [9.17, 15) is 4.79 Å². The van der Waals surface area contributed by atoms with Crippen LogP contribution in [-0.2, 0) is 13.0 Å². The number of nitrogens with zero attached hydrogens (tertiary/aromatic N) is 1. The topological polar surface area (TPSA) is 40.5 Å². The first-order valence-corrected chi connectivity index (χ1v) is 10.8. The lowest BCUT2D eigenvalue weighted by Crippen LogP contribution is -2.02. The van der Waals surface area contributed by atoms with E-state index in [2.05, 4.69) is 38.7 Å². The predicted octanol–water partition coefficient (Wildman–Crippen LogP) is 6.10. The van der Waals surface area contributed by atoms with Crippen molar-refractivity contribution in [1.29, 1.82) is 0 Å². The van der Waals surface area contributed by atoms with Crippen LogP contribution in [-0.4, -0.2) is 23.5 Å². The number of carbonyl (C=O) groups is 1. The molecule has 0 unspecified atom stereocenters. The van der Waals surface area contributed by atoms with Crippen LogP contribution in [0.3, 0.4) is 0 Å². The number of methoxy groups -OCH3 is 1. The SMILES string of the molecule is COc1ccc(-c2ccc3c(C=O)cn(CCc4ccccc4OCBr)c3c2)cc1. The van der Waals surface area contributed by atoms with Crippen molar-refractivity contribution >= 4 is 33.1 Å². The van der Waals surface area contributed by atoms with Gasteiger partial charge in [-0.1, -0.05) is 42.5 Å². The van der Waals surface area contributed by atoms with Gasteiger partial charge in [-0.3, -0.25) is 4.79 Å². The Morgan fingerprint density at radius 2 is 1.77 bits per heavy atom. The van der Waals surface area contributed by atoms with Crippen LogP contribution in [0.15, 0.2) is 72.9 Å². The molecular formula is C25H22BrNO3. The van der Waals surface area contributed by atoms with Gasteiger partial charge in [-0.15, -0.1) is 0 Å². The molecule has 0 saturated carbocycles. The first-order valence-electron chi connectivity index (χ1n) is 9.72. The third-order valence-corrected chi connectivity index (χ3v) is 5.50. The number of ether oxygens (including phenoxy) is 2. The predicted molar refractivity (Wildman–Crippen MR) is 124 cm³/mol. The Labute approximate surface area is 184 Å². The van der Waals surface area contributed by atoms with Gasteiger partial charge in [-0.25, -0.2) is 0 Å². The van der Waals surface area contributed by atoms with Gasteiger partial charge in [0, 0.05) is 29.2 Å². The molecule has 0 radical (unpaired) electrons. The summed E-state index contributed by atoms with van der Waals surface area (Å²) in [6.45, 7) is 0.749. The minimum atomic E-state index is 0.455. The van der Waals surface area contributed by atoms with Crippen LogP contribution in [0.2, 0.25) is 0 Å². The quantitative estimate of drug-likeness (QED) is 0.234. The lowest BCUT2D eigenvalue weighted by Gasteiger charge is -2.11. The van der Waals surface area contributed by atoms with E-state index in [1.807, 2.05) is 54.7 Å². The van der Waals surface area contributed by atoms with E-state index in [1.54, 1.807) is 7.11 Å². The Kier molecular flexibility index (Phi) is 6.19. The van der Waals surface area contributed by atoms with Gasteiger partial charge in [0.25, 0.3) is 0 Å². The third-order valence-electron chi connectivity index (χ3n) is 5.27. The Hall–Kier alpha value is -3.05. The summed E-state index contributed by atoms with van der Waals surface area (Å²) in [5, 5.41) is 0.965. The average Bonchev–Trinajstić information content (AvgIpc) is 3.16. The number of halogens is 1. The number of aldehydes is 1. The fraction of sp³-hybridized carbons (Fsp3) is 0.160. The first-order chi connectivity index (χ1) is 14.7. The summed E-state index contributed by atoms with van der Waals surface area (Å²) >= 11 is 3.33. The fourth-order valence-electron chi connectivity index (χ4n) is 3.71. The standard InChI is InChI=1S/C25H22BrNO3/c1-29-22-9-6-18(7-10-22)20-8-11-23-21(16-28)15-27(24(23)14-20)13-12-19-4-2-3-5-25(19)30-17-26/h2-11,14-16H,12-13,17H2,1H3. The summed E-state index contributed by atoms with van der Waals surface area (Å²) < 4.78 is 13.1. The number of para-hydroxylation sites is 1. The smallest absolute Gasteiger partial charge is 0.152 e. The molecule has 0 bridgehead atoms. The highest BCUT2D eigenvalue weighted by molar-refractivity contribution is 9.09. The largest absolute Gasteiger partial charge is 0.497 e. The number of aromatic nitrogens is 1. The van der Waals surface area contributed by atoms with Crippen molar-refractivity contribution < 1.29 is 14.3 Å². The van der Waals surface area contributed by atoms with Gasteiger partial charge in [-0.2, -0.15) is 0 Å². The molecule has 0 aliphatic rings. The highest BCUT2D eigenvalue weighted by Gasteiger charge is 2.11. The molecule has 5 heteroatoms. The lowest BCUT2D eigenvalue weighted by atomic mass is 10.0. The monoisotopic (exact) mass is 463 g/mol. The normalized spacial score (nSPS) is 10.9. The number of alkyl halides is 1. The maximum atomic E-state index is 11.6. The zero-order valence-electron chi connectivity index (χ0n) is 16.7. The van der Waals surface area contributed by atoms with Crippen molar-refractivity contribution in [2.45, 2.75) is 13.0 Å². The minimum absolute atomic E-state index is 0.455. The summed E-state index contributed by atoms with van der Waals surface area (Å²) in [4.78, 5) is 11.6. The van der Waals surface area contributed by atoms with E-state index in [0.29, 0.717) is 11.1 Å². The summed E-state index contributed by atoms with van der Waals surface area (Å²) in [7, 11) is 1.66. The second-order valence-corrected chi connectivity index (χ2v) is 7.43. The van der Waals surface area contributed by atoms with E-state index < -0.39 is 0 Å². The molecule has 4 rings (SSSR count). The average molecular weight is 464 g/mol. The van der Waals surface area contributed by atoms with E-state index in [0.717, 1.165) is 58.3 Å². The molecule has 0 fully saturated rings. The summed E-state index contributed by atoms with van der Waals surface area (Å²) in [5.41, 5.74) is 5.55. The highest BCUT2D eigenvalue weighted by atomic mass is 79.9. The number of fused-ring (bicyclic) bond motifs is 1. The second-order valence-electron chi connectivity index (χ2n) is 6.97. The second kappa shape index (κ2) is 9.18. The summed E-state index contributed by atoms with van der Waals surface area (Å²) in [5.74, 6) is 1.70. The lowest BCUT2D eigenvalue weighted by molar-refractivity contribution is 0.112. The van der Waals surface area contributed by atoms with Crippen LogP contribution in [0, 0.1) is 0 Å². The molecule has 0 spiro atoms. The Balaban J connectivity index is 1.68. The molecular weight excluding hydrogens is 442 g/mol. The van der Waals surface area contributed by atoms with Gasteiger partial charge in [0.2, 0.25) is 0 Å². The molecule has 4 nitrogen and oxygen atoms in total. The molecule has 0 amide bonds. The Morgan fingerprint density at radius 1 is 1.00 bits per heavy atom. The van der Waals surface area contributed by atoms with Crippen molar-refractivity contribution in [2.75, 3.05) is 12.6 Å². The Bertz CT molecular complexity index is 1160. The summed E-state index contributed by atoms with van der Waals surface area (Å²) in [6, 6.07) is 22.3. The molecule has 0 saturated heterocycles. The molecule has 0 aliphatic heterocycles. The van der Waals surface area contributed by atoms with Crippen LogP contribution in [0.4, 0.5) is 0 Å². The van der Waals surface area contributed by atoms with Gasteiger partial charge < -0.3 is 14.0 Å². The zero-order chi connectivity index (χ0) is 20.9. The number of hydrogen-bond donors (Lipinski definition) is 0. The van der Waals surface area contributed by atoms with Gasteiger partial charge in [0.1, 0.15) is 17.0 Å². The molecule has 0 aliphatic carbocycles. The molecule has 4 aromatic rings. The zero-order valence-corrected chi connectivity index (χ0v) is 18.3. The summed E-state index contributed by atoms with van der Waals surface area (Å²) in [6.07, 6.45) is 3.66. The van der Waals surface area contributed by atoms with Gasteiger partial charge >= 0.3 is 0 Å². The molecule has 1 aromatic heterocycles. The Morgan fingerprint density at radius 3 is 2.50 bits per heavy atom. The molecule has 3 aromatic carbocycles. The van der Waals surface area contributed by atoms with Gasteiger partial charge in [0.15, 0.2) is 6.29 Å². The molecule has 0 atom stereocenters. The minimum Gasteiger partial charge on any atom is -0.497 e. The van der Waals surface area contributed by atoms with Crippen molar-refractivity contribution in [1.82, 2.24) is 4.57 Å². The maximum absolute atomic E-state index is 11.6. The molecule has 152 valence electrons. The molecule has 30 heavy (non-hydrogen) atoms. The van der Waals surface area contributed by atoms with Crippen molar-refractivity contribution in [3.63, 3.8) is 0 Å². The molecule has 1 heterocycles. The van der Waals surface area contributed by atoms with E-state index in [-0.39, 0.29) is 0 Å². The van der Waals surface area contributed by atoms with Crippen LogP contribution < -0.4 is 9.47 Å². The maximum Gasteiger partial charge on any atom is 0.152 e. The van der Waals surface area contributed by atoms with Crippen molar-refractivity contribution in [3.05, 3.63) is 84.1 Å². The number of carbonyl (C=O) groups excluding carboxylic acids is 1. The van der Waals surface area contributed by atoms with Crippen LogP contribution >= 0.6 is 15.9 Å². The van der Waals surface area contributed by atoms with Crippen LogP contribution in [0.5, 0.6) is 11.5 Å². The number of rotatable bonds is 8. The highest BCUT2D eigenvalue weighted by Crippen LogP contribution is 2.29. The van der Waals surface area contributed by atoms with E-state index >= 15 is 0 Å².